The van der Waals surface area contributed by atoms with Gasteiger partial charge in [-0.05, 0) is 44.5 Å². The van der Waals surface area contributed by atoms with Crippen molar-refractivity contribution in [1.82, 2.24) is 9.55 Å². The van der Waals surface area contributed by atoms with Gasteiger partial charge in [-0.1, -0.05) is 0 Å². The van der Waals surface area contributed by atoms with Gasteiger partial charge in [0.2, 0.25) is 0 Å². The van der Waals surface area contributed by atoms with Crippen LogP contribution in [0.3, 0.4) is 0 Å². The normalized spacial score (nSPS) is 10.6. The third-order valence-electron chi connectivity index (χ3n) is 2.53. The lowest BCUT2D eigenvalue weighted by Gasteiger charge is -2.07. The van der Waals surface area contributed by atoms with E-state index in [2.05, 4.69) is 15.6 Å². The molecule has 1 aromatic carbocycles. The average Bonchev–Trinajstić information content (AvgIpc) is 2.50. The zero-order valence-electron chi connectivity index (χ0n) is 9.28. The van der Waals surface area contributed by atoms with Crippen LogP contribution in [0.5, 0.6) is 0 Å². The summed E-state index contributed by atoms with van der Waals surface area (Å²) >= 11 is 0. The molecule has 0 bridgehead atoms. The van der Waals surface area contributed by atoms with Crippen LogP contribution in [0.4, 0.5) is 5.69 Å². The molecule has 0 aliphatic carbocycles. The molecule has 0 saturated heterocycles. The number of nitrogen functional groups attached to an aromatic ring is 1. The van der Waals surface area contributed by atoms with Crippen molar-refractivity contribution < 1.29 is 0 Å². The molecule has 0 atom stereocenters. The van der Waals surface area contributed by atoms with Gasteiger partial charge < -0.3 is 10.3 Å². The third kappa shape index (κ3) is 1.73. The second-order valence-electron chi connectivity index (χ2n) is 3.84. The predicted molar refractivity (Wildman–Crippen MR) is 62.2 cm³/mol. The first-order chi connectivity index (χ1) is 7.08. The fourth-order valence-electron chi connectivity index (χ4n) is 1.69. The molecule has 0 spiro atoms. The van der Waals surface area contributed by atoms with Crippen LogP contribution < -0.4 is 5.73 Å². The van der Waals surface area contributed by atoms with Gasteiger partial charge in [-0.25, -0.2) is 4.98 Å². The van der Waals surface area contributed by atoms with E-state index >= 15 is 0 Å². The largest absolute Gasteiger partial charge is 0.399 e. The van der Waals surface area contributed by atoms with Crippen LogP contribution in [0.1, 0.15) is 17.1 Å². The maximum absolute atomic E-state index is 5.79. The van der Waals surface area contributed by atoms with Gasteiger partial charge in [0, 0.05) is 17.6 Å². The molecule has 2 N–H and O–H groups in total. The van der Waals surface area contributed by atoms with Gasteiger partial charge in [-0.15, -0.1) is 0 Å². The average molecular weight is 201 g/mol. The molecular formula is C12H15N3. The number of imidazole rings is 1. The number of aryl methyl sites for hydroxylation is 3. The molecule has 0 fully saturated rings. The molecule has 0 saturated carbocycles. The van der Waals surface area contributed by atoms with Crippen LogP contribution in [0.15, 0.2) is 24.4 Å². The minimum atomic E-state index is 0.827. The molecule has 78 valence electrons. The molecule has 0 aliphatic heterocycles. The fraction of sp³-hybridized carbons (Fsp3) is 0.250. The summed E-state index contributed by atoms with van der Waals surface area (Å²) in [7, 11) is 0. The number of nitrogens with zero attached hydrogens (tertiary/aromatic N) is 2. The highest BCUT2D eigenvalue weighted by Gasteiger charge is 2.03. The molecule has 0 radical (unpaired) electrons. The summed E-state index contributed by atoms with van der Waals surface area (Å²) in [5, 5.41) is 0. The van der Waals surface area contributed by atoms with Crippen LogP contribution in [0.25, 0.3) is 5.69 Å². The Morgan fingerprint density at radius 1 is 1.20 bits per heavy atom. The SMILES string of the molecule is Cc1cn(-c2ccc(N)c(C)c2)c(C)n1. The van der Waals surface area contributed by atoms with Crippen molar-refractivity contribution >= 4 is 5.69 Å². The first kappa shape index (κ1) is 9.77. The minimum absolute atomic E-state index is 0.827. The zero-order valence-corrected chi connectivity index (χ0v) is 9.28. The van der Waals surface area contributed by atoms with Crippen molar-refractivity contribution in [3.05, 3.63) is 41.5 Å². The zero-order chi connectivity index (χ0) is 11.0. The lowest BCUT2D eigenvalue weighted by Crippen LogP contribution is -1.97. The maximum Gasteiger partial charge on any atom is 0.110 e. The highest BCUT2D eigenvalue weighted by atomic mass is 15.1. The summed E-state index contributed by atoms with van der Waals surface area (Å²) < 4.78 is 2.07. The first-order valence-electron chi connectivity index (χ1n) is 4.97. The number of hydrogen-bond donors (Lipinski definition) is 1. The molecule has 3 nitrogen and oxygen atoms in total. The predicted octanol–water partition coefficient (Wildman–Crippen LogP) is 2.38. The third-order valence-corrected chi connectivity index (χ3v) is 2.53. The summed E-state index contributed by atoms with van der Waals surface area (Å²) in [6.45, 7) is 6.00. The van der Waals surface area contributed by atoms with Gasteiger partial charge in [-0.2, -0.15) is 0 Å². The topological polar surface area (TPSA) is 43.8 Å². The molecule has 1 aromatic heterocycles. The maximum atomic E-state index is 5.79. The minimum Gasteiger partial charge on any atom is -0.399 e. The Balaban J connectivity index is 2.54. The van der Waals surface area contributed by atoms with E-state index in [1.54, 1.807) is 0 Å². The van der Waals surface area contributed by atoms with Crippen molar-refractivity contribution in [3.8, 4) is 5.69 Å². The van der Waals surface area contributed by atoms with E-state index in [0.29, 0.717) is 0 Å². The molecule has 1 heterocycles. The molecule has 3 heteroatoms. The van der Waals surface area contributed by atoms with Crippen molar-refractivity contribution in [2.45, 2.75) is 20.8 Å². The highest BCUT2D eigenvalue weighted by Crippen LogP contribution is 2.17. The van der Waals surface area contributed by atoms with Gasteiger partial charge in [0.1, 0.15) is 5.82 Å². The molecule has 0 unspecified atom stereocenters. The van der Waals surface area contributed by atoms with E-state index in [-0.39, 0.29) is 0 Å². The standard InChI is InChI=1S/C12H15N3/c1-8-6-11(4-5-12(8)13)15-7-9(2)14-10(15)3/h4-7H,13H2,1-3H3. The summed E-state index contributed by atoms with van der Waals surface area (Å²) in [5.41, 5.74) is 9.85. The molecular weight excluding hydrogens is 186 g/mol. The van der Waals surface area contributed by atoms with E-state index < -0.39 is 0 Å². The lowest BCUT2D eigenvalue weighted by atomic mass is 10.2. The Morgan fingerprint density at radius 3 is 2.47 bits per heavy atom. The number of rotatable bonds is 1. The summed E-state index contributed by atoms with van der Waals surface area (Å²) in [6, 6.07) is 6.01. The Labute approximate surface area is 89.6 Å². The van der Waals surface area contributed by atoms with Crippen LogP contribution in [0.2, 0.25) is 0 Å². The molecule has 2 aromatic rings. The van der Waals surface area contributed by atoms with Crippen LogP contribution in [0, 0.1) is 20.8 Å². The lowest BCUT2D eigenvalue weighted by molar-refractivity contribution is 0.972. The molecule has 15 heavy (non-hydrogen) atoms. The smallest absolute Gasteiger partial charge is 0.110 e. The van der Waals surface area contributed by atoms with E-state index in [0.717, 1.165) is 28.5 Å². The van der Waals surface area contributed by atoms with Gasteiger partial charge in [-0.3, -0.25) is 0 Å². The first-order valence-corrected chi connectivity index (χ1v) is 4.97. The van der Waals surface area contributed by atoms with Crippen LogP contribution in [-0.2, 0) is 0 Å². The summed E-state index contributed by atoms with van der Waals surface area (Å²) in [5.74, 6) is 0.997. The quantitative estimate of drug-likeness (QED) is 0.720. The fourth-order valence-corrected chi connectivity index (χ4v) is 1.69. The number of benzene rings is 1. The van der Waals surface area contributed by atoms with E-state index in [9.17, 15) is 0 Å². The Bertz CT molecular complexity index is 498. The van der Waals surface area contributed by atoms with Gasteiger partial charge in [0.25, 0.3) is 0 Å². The van der Waals surface area contributed by atoms with Crippen molar-refractivity contribution in [1.29, 1.82) is 0 Å². The number of hydrogen-bond acceptors (Lipinski definition) is 2. The summed E-state index contributed by atoms with van der Waals surface area (Å²) in [4.78, 5) is 4.37. The van der Waals surface area contributed by atoms with Gasteiger partial charge in [0.05, 0.1) is 5.69 Å². The van der Waals surface area contributed by atoms with E-state index in [1.807, 2.05) is 39.1 Å². The molecule has 0 aliphatic rings. The number of aromatic nitrogens is 2. The Hall–Kier alpha value is -1.77. The van der Waals surface area contributed by atoms with Crippen LogP contribution in [-0.4, -0.2) is 9.55 Å². The monoisotopic (exact) mass is 201 g/mol. The molecule has 2 rings (SSSR count). The Kier molecular flexibility index (Phi) is 2.23. The van der Waals surface area contributed by atoms with Crippen molar-refractivity contribution in [2.75, 3.05) is 5.73 Å². The molecule has 0 amide bonds. The number of nitrogens with two attached hydrogens (primary N) is 1. The second kappa shape index (κ2) is 3.42. The second-order valence-corrected chi connectivity index (χ2v) is 3.84. The van der Waals surface area contributed by atoms with Gasteiger partial charge in [0.15, 0.2) is 0 Å². The number of anilines is 1. The highest BCUT2D eigenvalue weighted by molar-refractivity contribution is 5.52. The van der Waals surface area contributed by atoms with E-state index in [1.165, 1.54) is 0 Å². The van der Waals surface area contributed by atoms with E-state index in [4.69, 9.17) is 5.73 Å². The van der Waals surface area contributed by atoms with Crippen molar-refractivity contribution in [2.24, 2.45) is 0 Å². The van der Waals surface area contributed by atoms with Crippen molar-refractivity contribution in [3.63, 3.8) is 0 Å². The summed E-state index contributed by atoms with van der Waals surface area (Å²) in [6.07, 6.45) is 2.03. The Morgan fingerprint density at radius 2 is 1.93 bits per heavy atom. The van der Waals surface area contributed by atoms with Crippen LogP contribution >= 0.6 is 0 Å². The van der Waals surface area contributed by atoms with Gasteiger partial charge >= 0.3 is 0 Å².